The van der Waals surface area contributed by atoms with Gasteiger partial charge in [-0.15, -0.1) is 0 Å². The van der Waals surface area contributed by atoms with Crippen LogP contribution >= 0.6 is 0 Å². The van der Waals surface area contributed by atoms with Crippen molar-refractivity contribution in [3.8, 4) is 0 Å². The summed E-state index contributed by atoms with van der Waals surface area (Å²) in [5.74, 6) is 0.211. The minimum Gasteiger partial charge on any atom is -0.378 e. The average molecular weight is 498 g/mol. The largest absolute Gasteiger partial charge is 0.378 e. The maximum atomic E-state index is 12.6. The molecule has 10 nitrogen and oxygen atoms in total. The molecule has 0 spiro atoms. The maximum Gasteiger partial charge on any atom is 0.261 e. The summed E-state index contributed by atoms with van der Waals surface area (Å²) in [5.41, 5.74) is 1.54. The van der Waals surface area contributed by atoms with Crippen molar-refractivity contribution < 1.29 is 17.9 Å². The van der Waals surface area contributed by atoms with Gasteiger partial charge in [0.1, 0.15) is 0 Å². The van der Waals surface area contributed by atoms with Crippen LogP contribution in [0.15, 0.2) is 64.3 Å². The van der Waals surface area contributed by atoms with Gasteiger partial charge in [-0.05, 0) is 43.7 Å². The van der Waals surface area contributed by atoms with E-state index in [1.807, 2.05) is 4.90 Å². The number of aromatic nitrogens is 2. The van der Waals surface area contributed by atoms with Gasteiger partial charge in [-0.2, -0.15) is 0 Å². The van der Waals surface area contributed by atoms with Crippen LogP contribution in [0.25, 0.3) is 0 Å². The number of sulfonamides is 1. The van der Waals surface area contributed by atoms with Crippen LogP contribution in [0.2, 0.25) is 0 Å². The standard InChI is InChI=1S/C24H27N5O5S/c1-17-21(23(31)27-24(25-17)29-12-14-34-15-13-29)10-11-22(30)26-18-6-5-7-19(16-18)28-35(32,33)20-8-3-2-4-9-20/h2-9,16,28H,10-15H2,1H3,(H,26,30)(H,25,27,31). The van der Waals surface area contributed by atoms with Gasteiger partial charge in [0.05, 0.1) is 23.8 Å². The number of carbonyl (C=O) groups is 1. The fraction of sp³-hybridized carbons (Fsp3) is 0.292. The van der Waals surface area contributed by atoms with Crippen LogP contribution < -0.4 is 20.5 Å². The second-order valence-electron chi connectivity index (χ2n) is 8.10. The van der Waals surface area contributed by atoms with E-state index in [4.69, 9.17) is 4.74 Å². The lowest BCUT2D eigenvalue weighted by atomic mass is 10.1. The van der Waals surface area contributed by atoms with Crippen molar-refractivity contribution in [2.45, 2.75) is 24.7 Å². The van der Waals surface area contributed by atoms with Gasteiger partial charge in [-0.25, -0.2) is 13.4 Å². The minimum atomic E-state index is -3.74. The van der Waals surface area contributed by atoms with Crippen LogP contribution in [0.4, 0.5) is 17.3 Å². The smallest absolute Gasteiger partial charge is 0.261 e. The number of anilines is 3. The predicted octanol–water partition coefficient (Wildman–Crippen LogP) is 2.29. The molecule has 1 amide bonds. The number of nitrogens with one attached hydrogen (secondary N) is 3. The highest BCUT2D eigenvalue weighted by Gasteiger charge is 2.17. The summed E-state index contributed by atoms with van der Waals surface area (Å²) >= 11 is 0. The molecule has 184 valence electrons. The van der Waals surface area contributed by atoms with Gasteiger partial charge in [-0.3, -0.25) is 19.3 Å². The number of rotatable bonds is 8. The van der Waals surface area contributed by atoms with E-state index in [0.29, 0.717) is 54.9 Å². The first-order valence-electron chi connectivity index (χ1n) is 11.2. The van der Waals surface area contributed by atoms with Crippen molar-refractivity contribution in [1.29, 1.82) is 0 Å². The molecule has 1 aromatic heterocycles. The molecule has 2 aromatic carbocycles. The maximum absolute atomic E-state index is 12.6. The third-order valence-electron chi connectivity index (χ3n) is 5.57. The van der Waals surface area contributed by atoms with Crippen LogP contribution in [0.3, 0.4) is 0 Å². The summed E-state index contributed by atoms with van der Waals surface area (Å²) in [6.07, 6.45) is 0.298. The van der Waals surface area contributed by atoms with Crippen molar-refractivity contribution in [3.63, 3.8) is 0 Å². The fourth-order valence-electron chi connectivity index (χ4n) is 3.75. The Morgan fingerprint density at radius 1 is 1.09 bits per heavy atom. The normalized spacial score (nSPS) is 13.9. The summed E-state index contributed by atoms with van der Waals surface area (Å²) in [6, 6.07) is 14.5. The average Bonchev–Trinajstić information content (AvgIpc) is 2.84. The molecule has 1 aliphatic heterocycles. The van der Waals surface area contributed by atoms with Crippen molar-refractivity contribution in [3.05, 3.63) is 76.2 Å². The molecule has 35 heavy (non-hydrogen) atoms. The third kappa shape index (κ3) is 6.25. The van der Waals surface area contributed by atoms with Gasteiger partial charge in [0, 0.05) is 36.5 Å². The van der Waals surface area contributed by atoms with Gasteiger partial charge in [0.15, 0.2) is 0 Å². The number of hydrogen-bond acceptors (Lipinski definition) is 7. The van der Waals surface area contributed by atoms with E-state index in [1.165, 1.54) is 18.2 Å². The van der Waals surface area contributed by atoms with Gasteiger partial charge >= 0.3 is 0 Å². The van der Waals surface area contributed by atoms with E-state index in [0.717, 1.165) is 0 Å². The molecule has 0 aliphatic carbocycles. The Hall–Kier alpha value is -3.70. The third-order valence-corrected chi connectivity index (χ3v) is 6.97. The first-order chi connectivity index (χ1) is 16.8. The van der Waals surface area contributed by atoms with Gasteiger partial charge < -0.3 is 15.0 Å². The molecule has 0 unspecified atom stereocenters. The summed E-state index contributed by atoms with van der Waals surface area (Å²) < 4.78 is 32.9. The first kappa shape index (κ1) is 24.4. The highest BCUT2D eigenvalue weighted by atomic mass is 32.2. The zero-order valence-corrected chi connectivity index (χ0v) is 20.1. The van der Waals surface area contributed by atoms with E-state index in [-0.39, 0.29) is 29.2 Å². The van der Waals surface area contributed by atoms with Crippen LogP contribution in [0.5, 0.6) is 0 Å². The highest BCUT2D eigenvalue weighted by Crippen LogP contribution is 2.20. The SMILES string of the molecule is Cc1nc(N2CCOCC2)[nH]c(=O)c1CCC(=O)Nc1cccc(NS(=O)(=O)c2ccccc2)c1. The molecule has 2 heterocycles. The van der Waals surface area contributed by atoms with Crippen LogP contribution in [0.1, 0.15) is 17.7 Å². The molecule has 1 fully saturated rings. The minimum absolute atomic E-state index is 0.0719. The number of nitrogens with zero attached hydrogens (tertiary/aromatic N) is 2. The molecule has 1 aliphatic rings. The number of benzene rings is 2. The number of morpholine rings is 1. The second kappa shape index (κ2) is 10.7. The predicted molar refractivity (Wildman–Crippen MR) is 133 cm³/mol. The number of carbonyl (C=O) groups excluding carboxylic acids is 1. The number of aryl methyl sites for hydroxylation is 1. The summed E-state index contributed by atoms with van der Waals surface area (Å²) in [4.78, 5) is 34.6. The fourth-order valence-corrected chi connectivity index (χ4v) is 4.82. The zero-order chi connectivity index (χ0) is 24.8. The molecule has 0 radical (unpaired) electrons. The number of H-pyrrole nitrogens is 1. The lowest BCUT2D eigenvalue weighted by molar-refractivity contribution is -0.116. The number of amides is 1. The van der Waals surface area contributed by atoms with Gasteiger partial charge in [0.25, 0.3) is 15.6 Å². The van der Waals surface area contributed by atoms with Gasteiger partial charge in [-0.1, -0.05) is 24.3 Å². The molecule has 11 heteroatoms. The molecule has 3 N–H and O–H groups in total. The highest BCUT2D eigenvalue weighted by molar-refractivity contribution is 7.92. The Bertz CT molecular complexity index is 1350. The van der Waals surface area contributed by atoms with Gasteiger partial charge in [0.2, 0.25) is 11.9 Å². The van der Waals surface area contributed by atoms with E-state index < -0.39 is 10.0 Å². The molecule has 0 bridgehead atoms. The molecule has 1 saturated heterocycles. The molecule has 4 rings (SSSR count). The van der Waals surface area contributed by atoms with Crippen LogP contribution in [-0.4, -0.2) is 50.6 Å². The molecular weight excluding hydrogens is 470 g/mol. The zero-order valence-electron chi connectivity index (χ0n) is 19.3. The van der Waals surface area contributed by atoms with Crippen molar-refractivity contribution in [1.82, 2.24) is 9.97 Å². The summed E-state index contributed by atoms with van der Waals surface area (Å²) in [6.45, 7) is 4.24. The van der Waals surface area contributed by atoms with Crippen LogP contribution in [-0.2, 0) is 26.0 Å². The first-order valence-corrected chi connectivity index (χ1v) is 12.7. The summed E-state index contributed by atoms with van der Waals surface area (Å²) in [7, 11) is -3.74. The lowest BCUT2D eigenvalue weighted by Crippen LogP contribution is -2.38. The number of ether oxygens (including phenoxy) is 1. The Kier molecular flexibility index (Phi) is 7.47. The Morgan fingerprint density at radius 3 is 2.51 bits per heavy atom. The quantitative estimate of drug-likeness (QED) is 0.435. The Labute approximate surface area is 203 Å². The monoisotopic (exact) mass is 497 g/mol. The van der Waals surface area contributed by atoms with E-state index in [1.54, 1.807) is 43.3 Å². The molecular formula is C24H27N5O5S. The lowest BCUT2D eigenvalue weighted by Gasteiger charge is -2.27. The van der Waals surface area contributed by atoms with E-state index in [9.17, 15) is 18.0 Å². The van der Waals surface area contributed by atoms with Crippen molar-refractivity contribution in [2.75, 3.05) is 41.2 Å². The second-order valence-corrected chi connectivity index (χ2v) is 9.78. The Balaban J connectivity index is 1.37. The molecule has 0 atom stereocenters. The van der Waals surface area contributed by atoms with Crippen LogP contribution in [0, 0.1) is 6.92 Å². The van der Waals surface area contributed by atoms with E-state index in [2.05, 4.69) is 20.0 Å². The van der Waals surface area contributed by atoms with Crippen molar-refractivity contribution >= 4 is 33.3 Å². The number of aromatic amines is 1. The number of hydrogen-bond donors (Lipinski definition) is 3. The Morgan fingerprint density at radius 2 is 1.80 bits per heavy atom. The van der Waals surface area contributed by atoms with Crippen molar-refractivity contribution in [2.24, 2.45) is 0 Å². The summed E-state index contributed by atoms with van der Waals surface area (Å²) in [5, 5.41) is 2.75. The molecule has 3 aromatic rings. The topological polar surface area (TPSA) is 133 Å². The molecule has 0 saturated carbocycles. The van der Waals surface area contributed by atoms with E-state index >= 15 is 0 Å².